The topological polar surface area (TPSA) is 114 Å². The number of hydrogen-bond acceptors (Lipinski definition) is 7. The van der Waals surface area contributed by atoms with E-state index in [-0.39, 0.29) is 28.0 Å². The van der Waals surface area contributed by atoms with Crippen molar-refractivity contribution in [2.75, 3.05) is 6.54 Å². The molecule has 0 aromatic carbocycles. The van der Waals surface area contributed by atoms with E-state index in [9.17, 15) is 19.7 Å². The van der Waals surface area contributed by atoms with E-state index < -0.39 is 22.7 Å². The molecule has 1 aromatic rings. The van der Waals surface area contributed by atoms with Crippen molar-refractivity contribution >= 4 is 52.1 Å². The summed E-state index contributed by atoms with van der Waals surface area (Å²) in [5.41, 5.74) is 0. The third kappa shape index (κ3) is 3.47. The molecule has 1 aliphatic heterocycles. The molecule has 10 heteroatoms. The van der Waals surface area contributed by atoms with Crippen molar-refractivity contribution in [3.8, 4) is 0 Å². The highest BCUT2D eigenvalue weighted by molar-refractivity contribution is 8.26. The number of carbonyl (C=O) groups excluding carboxylic acids is 1. The predicted molar refractivity (Wildman–Crippen MR) is 77.5 cm³/mol. The van der Waals surface area contributed by atoms with Gasteiger partial charge in [-0.1, -0.05) is 24.0 Å². The number of hydrogen-bond donors (Lipinski definition) is 1. The van der Waals surface area contributed by atoms with E-state index in [1.54, 1.807) is 0 Å². The lowest BCUT2D eigenvalue weighted by molar-refractivity contribution is -0.402. The molecular formula is C11H8N2O6S2. The fourth-order valence-electron chi connectivity index (χ4n) is 1.55. The largest absolute Gasteiger partial charge is 0.481 e. The van der Waals surface area contributed by atoms with Gasteiger partial charge in [0.1, 0.15) is 15.0 Å². The predicted octanol–water partition coefficient (Wildman–Crippen LogP) is 1.86. The summed E-state index contributed by atoms with van der Waals surface area (Å²) in [6, 6.07) is 2.54. The van der Waals surface area contributed by atoms with Gasteiger partial charge in [-0.15, -0.1) is 0 Å². The highest BCUT2D eigenvalue weighted by Crippen LogP contribution is 2.33. The average Bonchev–Trinajstić information content (AvgIpc) is 2.95. The molecule has 21 heavy (non-hydrogen) atoms. The lowest BCUT2D eigenvalue weighted by Crippen LogP contribution is -2.30. The van der Waals surface area contributed by atoms with Crippen molar-refractivity contribution in [3.63, 3.8) is 0 Å². The molecule has 0 saturated carbocycles. The van der Waals surface area contributed by atoms with Crippen molar-refractivity contribution < 1.29 is 24.0 Å². The van der Waals surface area contributed by atoms with Gasteiger partial charge >= 0.3 is 11.9 Å². The van der Waals surface area contributed by atoms with Crippen LogP contribution < -0.4 is 0 Å². The Hall–Kier alpha value is -2.20. The van der Waals surface area contributed by atoms with Gasteiger partial charge in [0.05, 0.1) is 17.4 Å². The summed E-state index contributed by atoms with van der Waals surface area (Å²) in [4.78, 5) is 33.8. The molecule has 0 radical (unpaired) electrons. The molecule has 2 rings (SSSR count). The first-order valence-corrected chi connectivity index (χ1v) is 6.82. The fourth-order valence-corrected chi connectivity index (χ4v) is 2.84. The zero-order chi connectivity index (χ0) is 15.6. The fraction of sp³-hybridized carbons (Fsp3) is 0.182. The summed E-state index contributed by atoms with van der Waals surface area (Å²) < 4.78 is 5.17. The number of rotatable bonds is 5. The van der Waals surface area contributed by atoms with E-state index in [1.807, 2.05) is 0 Å². The molecule has 1 N–H and O–H groups in total. The molecule has 110 valence electrons. The van der Waals surface area contributed by atoms with Crippen LogP contribution in [0.4, 0.5) is 5.88 Å². The number of amides is 1. The molecule has 0 atom stereocenters. The molecular weight excluding hydrogens is 320 g/mol. The zero-order valence-corrected chi connectivity index (χ0v) is 12.0. The smallest absolute Gasteiger partial charge is 0.433 e. The van der Waals surface area contributed by atoms with Crippen LogP contribution >= 0.6 is 24.0 Å². The first-order chi connectivity index (χ1) is 9.88. The number of aliphatic carboxylic acids is 1. The van der Waals surface area contributed by atoms with E-state index in [2.05, 4.69) is 0 Å². The van der Waals surface area contributed by atoms with Crippen molar-refractivity contribution in [1.82, 2.24) is 4.90 Å². The first-order valence-electron chi connectivity index (χ1n) is 5.60. The van der Waals surface area contributed by atoms with Crippen LogP contribution in [0.1, 0.15) is 12.2 Å². The lowest BCUT2D eigenvalue weighted by Gasteiger charge is -2.12. The maximum absolute atomic E-state index is 12.1. The second-order valence-corrected chi connectivity index (χ2v) is 5.59. The number of carboxylic acid groups (broad SMARTS) is 1. The van der Waals surface area contributed by atoms with Crippen molar-refractivity contribution in [3.05, 3.63) is 32.9 Å². The highest BCUT2D eigenvalue weighted by Gasteiger charge is 2.32. The van der Waals surface area contributed by atoms with E-state index >= 15 is 0 Å². The summed E-state index contributed by atoms with van der Waals surface area (Å²) in [6.07, 6.45) is 1.12. The molecule has 1 saturated heterocycles. The minimum absolute atomic E-state index is 0.0182. The molecule has 2 heterocycles. The maximum atomic E-state index is 12.1. The molecule has 0 aliphatic carbocycles. The summed E-state index contributed by atoms with van der Waals surface area (Å²) in [7, 11) is 0. The van der Waals surface area contributed by atoms with Crippen LogP contribution in [0, 0.1) is 10.1 Å². The maximum Gasteiger partial charge on any atom is 0.433 e. The van der Waals surface area contributed by atoms with Crippen LogP contribution in [-0.4, -0.2) is 37.7 Å². The zero-order valence-electron chi connectivity index (χ0n) is 10.3. The van der Waals surface area contributed by atoms with Crippen LogP contribution in [0.25, 0.3) is 6.08 Å². The van der Waals surface area contributed by atoms with Gasteiger partial charge in [-0.2, -0.15) is 0 Å². The number of furan rings is 1. The van der Waals surface area contributed by atoms with Crippen molar-refractivity contribution in [2.45, 2.75) is 6.42 Å². The van der Waals surface area contributed by atoms with E-state index in [0.29, 0.717) is 0 Å². The number of thioether (sulfide) groups is 1. The second kappa shape index (κ2) is 6.06. The Balaban J connectivity index is 2.15. The Morgan fingerprint density at radius 3 is 2.86 bits per heavy atom. The Labute approximate surface area is 127 Å². The average molecular weight is 328 g/mol. The SMILES string of the molecule is O=C(O)CCN1C(=O)C(=Cc2ccc([N+](=O)[O-])o2)SC1=S. The number of nitro groups is 1. The minimum Gasteiger partial charge on any atom is -0.481 e. The number of carboxylic acids is 1. The standard InChI is InChI=1S/C11H8N2O6S2/c14-9(15)3-4-12-10(16)7(21-11(12)20)5-6-1-2-8(19-6)13(17)18/h1-2,5H,3-4H2,(H,14,15). The van der Waals surface area contributed by atoms with Gasteiger partial charge in [-0.25, -0.2) is 0 Å². The van der Waals surface area contributed by atoms with Crippen molar-refractivity contribution in [2.24, 2.45) is 0 Å². The molecule has 1 amide bonds. The Morgan fingerprint density at radius 2 is 2.29 bits per heavy atom. The summed E-state index contributed by atoms with van der Waals surface area (Å²) >= 11 is 6.00. The third-order valence-electron chi connectivity index (χ3n) is 2.49. The van der Waals surface area contributed by atoms with E-state index in [4.69, 9.17) is 21.7 Å². The molecule has 0 spiro atoms. The second-order valence-electron chi connectivity index (χ2n) is 3.91. The Kier molecular flexibility index (Phi) is 4.38. The molecule has 8 nitrogen and oxygen atoms in total. The van der Waals surface area contributed by atoms with Crippen LogP contribution in [0.2, 0.25) is 0 Å². The lowest BCUT2D eigenvalue weighted by atomic mass is 10.3. The van der Waals surface area contributed by atoms with Gasteiger partial charge in [0.2, 0.25) is 0 Å². The van der Waals surface area contributed by atoms with Gasteiger partial charge in [0.25, 0.3) is 5.91 Å². The van der Waals surface area contributed by atoms with Crippen LogP contribution in [0.5, 0.6) is 0 Å². The van der Waals surface area contributed by atoms with Gasteiger partial charge < -0.3 is 9.52 Å². The molecule has 0 unspecified atom stereocenters. The molecule has 1 fully saturated rings. The summed E-state index contributed by atoms with van der Waals surface area (Å²) in [5.74, 6) is -1.75. The first kappa shape index (κ1) is 15.2. The number of thiocarbonyl (C=S) groups is 1. The van der Waals surface area contributed by atoms with Gasteiger partial charge in [0.15, 0.2) is 0 Å². The minimum atomic E-state index is -1.03. The third-order valence-corrected chi connectivity index (χ3v) is 3.87. The summed E-state index contributed by atoms with van der Waals surface area (Å²) in [5, 5.41) is 19.1. The van der Waals surface area contributed by atoms with Gasteiger partial charge in [-0.3, -0.25) is 24.6 Å². The Morgan fingerprint density at radius 1 is 1.57 bits per heavy atom. The Bertz CT molecular complexity index is 665. The summed E-state index contributed by atoms with van der Waals surface area (Å²) in [6.45, 7) is -0.0182. The quantitative estimate of drug-likeness (QED) is 0.377. The number of carbonyl (C=O) groups is 2. The number of nitrogens with zero attached hydrogens (tertiary/aromatic N) is 2. The van der Waals surface area contributed by atoms with E-state index in [0.717, 1.165) is 11.8 Å². The van der Waals surface area contributed by atoms with Crippen LogP contribution in [-0.2, 0) is 9.59 Å². The highest BCUT2D eigenvalue weighted by atomic mass is 32.2. The van der Waals surface area contributed by atoms with Crippen LogP contribution in [0.15, 0.2) is 21.5 Å². The molecule has 1 aromatic heterocycles. The van der Waals surface area contributed by atoms with Gasteiger partial charge in [-0.05, 0) is 6.07 Å². The monoisotopic (exact) mass is 328 g/mol. The van der Waals surface area contributed by atoms with Crippen LogP contribution in [0.3, 0.4) is 0 Å². The normalized spacial score (nSPS) is 16.8. The van der Waals surface area contributed by atoms with E-state index in [1.165, 1.54) is 23.1 Å². The van der Waals surface area contributed by atoms with Crippen molar-refractivity contribution in [1.29, 1.82) is 0 Å². The molecule has 0 bridgehead atoms. The van der Waals surface area contributed by atoms with Gasteiger partial charge in [0, 0.05) is 12.6 Å². The molecule has 1 aliphatic rings.